The monoisotopic (exact) mass is 635 g/mol. The molecule has 0 fully saturated rings. The fourth-order valence-electron chi connectivity index (χ4n) is 6.23. The van der Waals surface area contributed by atoms with Crippen LogP contribution in [0.25, 0.3) is 6.08 Å². The Morgan fingerprint density at radius 3 is 2.07 bits per heavy atom. The average molecular weight is 636 g/mol. The summed E-state index contributed by atoms with van der Waals surface area (Å²) in [6, 6.07) is 0. The van der Waals surface area contributed by atoms with Gasteiger partial charge >= 0.3 is 5.97 Å². The van der Waals surface area contributed by atoms with Crippen molar-refractivity contribution < 1.29 is 30.0 Å². The first kappa shape index (κ1) is 40.2. The van der Waals surface area contributed by atoms with Crippen LogP contribution in [-0.4, -0.2) is 55.5 Å². The second-order valence-electron chi connectivity index (χ2n) is 15.5. The lowest BCUT2D eigenvalue weighted by Gasteiger charge is -2.51. The molecule has 1 aromatic rings. The molecule has 7 nitrogen and oxygen atoms in total. The Balaban J connectivity index is 2.83. The highest BCUT2D eigenvalue weighted by Crippen LogP contribution is 2.51. The van der Waals surface area contributed by atoms with Crippen LogP contribution in [0.1, 0.15) is 126 Å². The third-order valence-electron chi connectivity index (χ3n) is 10.5. The molecule has 1 heterocycles. The zero-order valence-corrected chi connectivity index (χ0v) is 30.4. The van der Waals surface area contributed by atoms with Crippen LogP contribution in [0.15, 0.2) is 22.6 Å². The number of aliphatic hydroxyl groups is 3. The van der Waals surface area contributed by atoms with E-state index in [1.165, 1.54) is 5.57 Å². The van der Waals surface area contributed by atoms with Crippen molar-refractivity contribution >= 4 is 29.2 Å². The molecule has 5 atom stereocenters. The first-order valence-corrected chi connectivity index (χ1v) is 16.8. The molecule has 0 aliphatic heterocycles. The Kier molecular flexibility index (Phi) is 14.2. The SMILES string of the molecule is CC(=CC[C@@H](O)C(C)=Cc1csc(C)n1)CCC[C@H](C)[C@H](O)C(C)(C)[C@@H](C)C(=O)C(C)(C)C(C)(C)[C@@H](O)C(C)(C)CC(=O)O. The van der Waals surface area contributed by atoms with Crippen LogP contribution in [0.2, 0.25) is 0 Å². The van der Waals surface area contributed by atoms with Crippen molar-refractivity contribution in [1.29, 1.82) is 0 Å². The van der Waals surface area contributed by atoms with Crippen LogP contribution in [0.5, 0.6) is 0 Å². The second kappa shape index (κ2) is 15.6. The molecule has 0 aliphatic carbocycles. The summed E-state index contributed by atoms with van der Waals surface area (Å²) in [5, 5.41) is 45.7. The number of aryl methyl sites for hydroxylation is 1. The van der Waals surface area contributed by atoms with Crippen LogP contribution in [0, 0.1) is 40.4 Å². The van der Waals surface area contributed by atoms with Crippen molar-refractivity contribution in [1.82, 2.24) is 4.98 Å². The number of carbonyl (C=O) groups is 2. The number of hydrogen-bond donors (Lipinski definition) is 4. The third kappa shape index (κ3) is 10.1. The van der Waals surface area contributed by atoms with Gasteiger partial charge in [-0.25, -0.2) is 4.98 Å². The van der Waals surface area contributed by atoms with Crippen molar-refractivity contribution in [2.75, 3.05) is 0 Å². The second-order valence-corrected chi connectivity index (χ2v) is 16.6. The maximum atomic E-state index is 14.0. The summed E-state index contributed by atoms with van der Waals surface area (Å²) in [7, 11) is 0. The number of aliphatic hydroxyl groups excluding tert-OH is 3. The molecule has 44 heavy (non-hydrogen) atoms. The number of carbonyl (C=O) groups excluding carboxylic acids is 1. The minimum absolute atomic E-state index is 0.0402. The number of nitrogens with zero attached hydrogens (tertiary/aromatic N) is 1. The lowest BCUT2D eigenvalue weighted by molar-refractivity contribution is -0.161. The molecule has 0 spiro atoms. The largest absolute Gasteiger partial charge is 0.481 e. The maximum Gasteiger partial charge on any atom is 0.303 e. The molecule has 0 amide bonds. The number of carboxylic acid groups (broad SMARTS) is 1. The molecule has 252 valence electrons. The van der Waals surface area contributed by atoms with Crippen LogP contribution < -0.4 is 0 Å². The number of hydrogen-bond acceptors (Lipinski definition) is 7. The van der Waals surface area contributed by atoms with Crippen molar-refractivity contribution in [2.24, 2.45) is 33.5 Å². The molecular formula is C36H61NO6S. The Morgan fingerprint density at radius 1 is 1.00 bits per heavy atom. The van der Waals surface area contributed by atoms with E-state index in [-0.39, 0.29) is 18.1 Å². The van der Waals surface area contributed by atoms with Gasteiger partial charge in [0.05, 0.1) is 35.4 Å². The molecule has 0 aromatic carbocycles. The maximum absolute atomic E-state index is 14.0. The third-order valence-corrected chi connectivity index (χ3v) is 11.3. The molecule has 0 unspecified atom stereocenters. The van der Waals surface area contributed by atoms with Crippen LogP contribution in [0.3, 0.4) is 0 Å². The summed E-state index contributed by atoms with van der Waals surface area (Å²) < 4.78 is 0. The standard InChI is InChI=1S/C36H61NO6S/c1-22(17-18-28(38)24(3)19-27-21-44-26(5)37-27)15-14-16-23(2)30(41)34(8,9)25(4)31(42)35(10,11)36(12,13)32(43)33(6,7)20-29(39)40/h17,19,21,23,25,28,30,32,38,41,43H,14-16,18,20H2,1-13H3,(H,39,40)/t23-,25-,28+,30-,32-/m0/s1. The van der Waals surface area contributed by atoms with Gasteiger partial charge in [0, 0.05) is 33.0 Å². The van der Waals surface area contributed by atoms with E-state index < -0.39 is 51.9 Å². The summed E-state index contributed by atoms with van der Waals surface area (Å²) in [4.78, 5) is 29.9. The van der Waals surface area contributed by atoms with E-state index >= 15 is 0 Å². The van der Waals surface area contributed by atoms with E-state index in [0.717, 1.165) is 35.5 Å². The number of carboxylic acids is 1. The molecule has 1 aromatic heterocycles. The van der Waals surface area contributed by atoms with Gasteiger partial charge in [0.2, 0.25) is 0 Å². The molecule has 1 rings (SSSR count). The first-order chi connectivity index (χ1) is 19.9. The van der Waals surface area contributed by atoms with E-state index in [4.69, 9.17) is 0 Å². The van der Waals surface area contributed by atoms with Gasteiger partial charge in [0.15, 0.2) is 0 Å². The Labute approximate surface area is 270 Å². The quantitative estimate of drug-likeness (QED) is 0.121. The van der Waals surface area contributed by atoms with Gasteiger partial charge in [0.1, 0.15) is 5.78 Å². The molecule has 0 saturated heterocycles. The lowest BCUT2D eigenvalue weighted by atomic mass is 9.54. The number of thiazole rings is 1. The van der Waals surface area contributed by atoms with E-state index in [2.05, 4.69) is 18.0 Å². The summed E-state index contributed by atoms with van der Waals surface area (Å²) in [6.45, 7) is 24.4. The molecule has 0 aliphatic rings. The summed E-state index contributed by atoms with van der Waals surface area (Å²) in [5.74, 6) is -1.59. The Hall–Kier alpha value is -1.87. The Morgan fingerprint density at radius 2 is 1.57 bits per heavy atom. The van der Waals surface area contributed by atoms with Crippen LogP contribution in [0.4, 0.5) is 0 Å². The molecule has 8 heteroatoms. The predicted molar refractivity (Wildman–Crippen MR) is 181 cm³/mol. The molecule has 4 N–H and O–H groups in total. The minimum Gasteiger partial charge on any atom is -0.481 e. The summed E-state index contributed by atoms with van der Waals surface area (Å²) in [6.07, 6.45) is 4.54. The lowest BCUT2D eigenvalue weighted by Crippen LogP contribution is -2.56. The van der Waals surface area contributed by atoms with Gasteiger partial charge in [-0.1, -0.05) is 80.9 Å². The van der Waals surface area contributed by atoms with E-state index in [1.54, 1.807) is 25.2 Å². The van der Waals surface area contributed by atoms with Crippen molar-refractivity contribution in [3.63, 3.8) is 0 Å². The highest BCUT2D eigenvalue weighted by molar-refractivity contribution is 7.09. The normalized spacial score (nSPS) is 17.6. The number of Topliss-reactive ketones (excluding diaryl/α,β-unsaturated/α-hetero) is 1. The van der Waals surface area contributed by atoms with Crippen molar-refractivity contribution in [3.8, 4) is 0 Å². The number of aromatic nitrogens is 1. The zero-order valence-electron chi connectivity index (χ0n) is 29.6. The molecular weight excluding hydrogens is 574 g/mol. The van der Waals surface area contributed by atoms with Gasteiger partial charge < -0.3 is 20.4 Å². The van der Waals surface area contributed by atoms with E-state index in [9.17, 15) is 30.0 Å². The fourth-order valence-corrected chi connectivity index (χ4v) is 6.80. The van der Waals surface area contributed by atoms with Crippen LogP contribution >= 0.6 is 11.3 Å². The van der Waals surface area contributed by atoms with E-state index in [0.29, 0.717) is 6.42 Å². The molecule has 0 saturated carbocycles. The van der Waals surface area contributed by atoms with Crippen molar-refractivity contribution in [3.05, 3.63) is 33.3 Å². The summed E-state index contributed by atoms with van der Waals surface area (Å²) >= 11 is 1.59. The number of allylic oxidation sites excluding steroid dienone is 1. The average Bonchev–Trinajstić information content (AvgIpc) is 3.32. The highest BCUT2D eigenvalue weighted by atomic mass is 32.1. The molecule has 0 bridgehead atoms. The van der Waals surface area contributed by atoms with Gasteiger partial charge in [-0.2, -0.15) is 0 Å². The van der Waals surface area contributed by atoms with Crippen LogP contribution in [-0.2, 0) is 9.59 Å². The van der Waals surface area contributed by atoms with Gasteiger partial charge in [-0.15, -0.1) is 11.3 Å². The smallest absolute Gasteiger partial charge is 0.303 e. The van der Waals surface area contributed by atoms with E-state index in [1.807, 2.05) is 80.7 Å². The zero-order chi connectivity index (χ0) is 34.4. The van der Waals surface area contributed by atoms with Gasteiger partial charge in [-0.05, 0) is 64.0 Å². The van der Waals surface area contributed by atoms with Crippen molar-refractivity contribution in [2.45, 2.75) is 140 Å². The summed E-state index contributed by atoms with van der Waals surface area (Å²) in [5.41, 5.74) is -0.607. The predicted octanol–water partition coefficient (Wildman–Crippen LogP) is 7.87. The van der Waals surface area contributed by atoms with Gasteiger partial charge in [-0.3, -0.25) is 9.59 Å². The first-order valence-electron chi connectivity index (χ1n) is 16.0. The topological polar surface area (TPSA) is 128 Å². The number of ketones is 1. The van der Waals surface area contributed by atoms with Gasteiger partial charge in [0.25, 0.3) is 0 Å². The Bertz CT molecular complexity index is 1170. The number of aliphatic carboxylic acids is 1. The molecule has 0 radical (unpaired) electrons. The highest BCUT2D eigenvalue weighted by Gasteiger charge is 2.55. The minimum atomic E-state index is -1.04. The fraction of sp³-hybridized carbons (Fsp3) is 0.750. The number of rotatable bonds is 18.